The quantitative estimate of drug-likeness (QED) is 0.813. The average molecular weight is 254 g/mol. The van der Waals surface area contributed by atoms with Crippen LogP contribution in [0.3, 0.4) is 0 Å². The van der Waals surface area contributed by atoms with Gasteiger partial charge >= 0.3 is 0 Å². The lowest BCUT2D eigenvalue weighted by molar-refractivity contribution is -0.143. The number of hydrogen-bond donors (Lipinski definition) is 1. The first kappa shape index (κ1) is 13.8. The summed E-state index contributed by atoms with van der Waals surface area (Å²) in [6.07, 6.45) is 3.40. The number of nitrogens with zero attached hydrogens (tertiary/aromatic N) is 1. The highest BCUT2D eigenvalue weighted by Gasteiger charge is 2.42. The Balaban J connectivity index is 2.17. The molecule has 0 aromatic carbocycles. The Morgan fingerprint density at radius 3 is 2.72 bits per heavy atom. The highest BCUT2D eigenvalue weighted by molar-refractivity contribution is 5.86. The van der Waals surface area contributed by atoms with Crippen LogP contribution < -0.4 is 5.32 Å². The van der Waals surface area contributed by atoms with Crippen molar-refractivity contribution in [1.82, 2.24) is 10.2 Å². The van der Waals surface area contributed by atoms with Crippen LogP contribution in [0.25, 0.3) is 0 Å². The van der Waals surface area contributed by atoms with E-state index >= 15 is 0 Å². The molecule has 1 atom stereocenters. The van der Waals surface area contributed by atoms with Crippen molar-refractivity contribution in [2.75, 3.05) is 19.7 Å². The van der Waals surface area contributed by atoms with Crippen LogP contribution in [0.5, 0.6) is 0 Å². The minimum absolute atomic E-state index is 0.0934. The molecule has 1 unspecified atom stereocenters. The van der Waals surface area contributed by atoms with Crippen LogP contribution in [-0.2, 0) is 9.53 Å². The number of rotatable bonds is 2. The summed E-state index contributed by atoms with van der Waals surface area (Å²) >= 11 is 0. The average Bonchev–Trinajstić information content (AvgIpc) is 2.74. The molecular weight excluding hydrogens is 228 g/mol. The van der Waals surface area contributed by atoms with Crippen molar-refractivity contribution in [1.29, 1.82) is 0 Å². The van der Waals surface area contributed by atoms with E-state index in [2.05, 4.69) is 19.2 Å². The summed E-state index contributed by atoms with van der Waals surface area (Å²) in [5, 5.41) is 3.35. The van der Waals surface area contributed by atoms with E-state index < -0.39 is 5.54 Å². The molecule has 4 nitrogen and oxygen atoms in total. The van der Waals surface area contributed by atoms with Crippen LogP contribution in [0.15, 0.2) is 0 Å². The molecule has 2 saturated heterocycles. The van der Waals surface area contributed by atoms with Gasteiger partial charge in [0.2, 0.25) is 5.91 Å². The third kappa shape index (κ3) is 2.69. The maximum Gasteiger partial charge on any atom is 0.242 e. The van der Waals surface area contributed by atoms with E-state index in [1.54, 1.807) is 0 Å². The highest BCUT2D eigenvalue weighted by Crippen LogP contribution is 2.28. The van der Waals surface area contributed by atoms with E-state index in [-0.39, 0.29) is 17.6 Å². The number of nitrogens with one attached hydrogen (secondary N) is 1. The van der Waals surface area contributed by atoms with Gasteiger partial charge in [-0.15, -0.1) is 0 Å². The highest BCUT2D eigenvalue weighted by atomic mass is 16.5. The summed E-state index contributed by atoms with van der Waals surface area (Å²) in [6, 6.07) is 0. The summed E-state index contributed by atoms with van der Waals surface area (Å²) in [5.74, 6) is 0.195. The molecule has 4 heteroatoms. The second kappa shape index (κ2) is 4.82. The van der Waals surface area contributed by atoms with Crippen molar-refractivity contribution in [3.8, 4) is 0 Å². The normalized spacial score (nSPS) is 31.4. The Hall–Kier alpha value is -0.610. The number of carbonyl (C=O) groups is 1. The molecular formula is C14H26N2O2. The SMILES string of the molecule is CC1(C)NCCC(C)(C)N(CC2CCCO2)C1=O. The van der Waals surface area contributed by atoms with Crippen LogP contribution in [0.4, 0.5) is 0 Å². The number of hydrogen-bond acceptors (Lipinski definition) is 3. The van der Waals surface area contributed by atoms with Gasteiger partial charge in [0, 0.05) is 18.7 Å². The zero-order valence-electron chi connectivity index (χ0n) is 12.1. The first-order chi connectivity index (χ1) is 8.33. The van der Waals surface area contributed by atoms with Gasteiger partial charge in [0.1, 0.15) is 0 Å². The van der Waals surface area contributed by atoms with Gasteiger partial charge in [-0.1, -0.05) is 0 Å². The summed E-state index contributed by atoms with van der Waals surface area (Å²) < 4.78 is 5.69. The molecule has 104 valence electrons. The Morgan fingerprint density at radius 1 is 1.39 bits per heavy atom. The van der Waals surface area contributed by atoms with Crippen LogP contribution in [0.1, 0.15) is 47.0 Å². The molecule has 0 spiro atoms. The van der Waals surface area contributed by atoms with Gasteiger partial charge in [-0.3, -0.25) is 4.79 Å². The van der Waals surface area contributed by atoms with Gasteiger partial charge in [0.05, 0.1) is 11.6 Å². The van der Waals surface area contributed by atoms with Gasteiger partial charge in [-0.05, 0) is 53.5 Å². The van der Waals surface area contributed by atoms with Crippen molar-refractivity contribution in [2.24, 2.45) is 0 Å². The third-order valence-electron chi connectivity index (χ3n) is 4.22. The van der Waals surface area contributed by atoms with Crippen LogP contribution in [0.2, 0.25) is 0 Å². The molecule has 2 aliphatic heterocycles. The van der Waals surface area contributed by atoms with Gasteiger partial charge < -0.3 is 15.0 Å². The Bertz CT molecular complexity index is 320. The van der Waals surface area contributed by atoms with E-state index in [1.165, 1.54) is 0 Å². The van der Waals surface area contributed by atoms with Crippen molar-refractivity contribution in [3.63, 3.8) is 0 Å². The first-order valence-corrected chi connectivity index (χ1v) is 7.02. The molecule has 2 fully saturated rings. The molecule has 0 aromatic heterocycles. The Labute approximate surface area is 110 Å². The molecule has 0 aromatic rings. The van der Waals surface area contributed by atoms with Crippen molar-refractivity contribution < 1.29 is 9.53 Å². The predicted octanol–water partition coefficient (Wildman–Crippen LogP) is 1.54. The van der Waals surface area contributed by atoms with E-state index in [4.69, 9.17) is 4.74 Å². The van der Waals surface area contributed by atoms with Gasteiger partial charge in [0.15, 0.2) is 0 Å². The summed E-state index contributed by atoms with van der Waals surface area (Å²) in [6.45, 7) is 10.7. The summed E-state index contributed by atoms with van der Waals surface area (Å²) in [4.78, 5) is 14.7. The predicted molar refractivity (Wildman–Crippen MR) is 71.5 cm³/mol. The standard InChI is InChI=1S/C14H26N2O2/c1-13(2)7-8-15-14(3,4)12(17)16(13)10-11-6-5-9-18-11/h11,15H,5-10H2,1-4H3. The molecule has 0 aliphatic carbocycles. The lowest BCUT2D eigenvalue weighted by atomic mass is 9.96. The summed E-state index contributed by atoms with van der Waals surface area (Å²) in [5.41, 5.74) is -0.559. The Morgan fingerprint density at radius 2 is 2.11 bits per heavy atom. The number of carbonyl (C=O) groups excluding carboxylic acids is 1. The largest absolute Gasteiger partial charge is 0.376 e. The molecule has 1 N–H and O–H groups in total. The molecule has 2 heterocycles. The van der Waals surface area contributed by atoms with E-state index in [0.29, 0.717) is 0 Å². The second-order valence-corrected chi connectivity index (χ2v) is 6.66. The molecule has 0 radical (unpaired) electrons. The summed E-state index contributed by atoms with van der Waals surface area (Å²) in [7, 11) is 0. The van der Waals surface area contributed by atoms with Crippen molar-refractivity contribution in [3.05, 3.63) is 0 Å². The lowest BCUT2D eigenvalue weighted by Crippen LogP contribution is -2.57. The van der Waals surface area contributed by atoms with Gasteiger partial charge in [-0.25, -0.2) is 0 Å². The Kier molecular flexibility index (Phi) is 3.70. The minimum Gasteiger partial charge on any atom is -0.376 e. The molecule has 0 saturated carbocycles. The van der Waals surface area contributed by atoms with Gasteiger partial charge in [-0.2, -0.15) is 0 Å². The molecule has 1 amide bonds. The zero-order chi connectivity index (χ0) is 13.4. The molecule has 0 bridgehead atoms. The van der Waals surface area contributed by atoms with Crippen molar-refractivity contribution >= 4 is 5.91 Å². The third-order valence-corrected chi connectivity index (χ3v) is 4.22. The van der Waals surface area contributed by atoms with Crippen LogP contribution in [-0.4, -0.2) is 47.7 Å². The van der Waals surface area contributed by atoms with Crippen LogP contribution >= 0.6 is 0 Å². The lowest BCUT2D eigenvalue weighted by Gasteiger charge is -2.40. The van der Waals surface area contributed by atoms with Crippen molar-refractivity contribution in [2.45, 2.75) is 64.1 Å². The first-order valence-electron chi connectivity index (χ1n) is 7.02. The molecule has 2 rings (SSSR count). The van der Waals surface area contributed by atoms with Gasteiger partial charge in [0.25, 0.3) is 0 Å². The zero-order valence-corrected chi connectivity index (χ0v) is 12.1. The monoisotopic (exact) mass is 254 g/mol. The number of ether oxygens (including phenoxy) is 1. The fourth-order valence-corrected chi connectivity index (χ4v) is 2.83. The van der Waals surface area contributed by atoms with E-state index in [1.807, 2.05) is 18.7 Å². The molecule has 2 aliphatic rings. The fraction of sp³-hybridized carbons (Fsp3) is 0.929. The maximum absolute atomic E-state index is 12.7. The topological polar surface area (TPSA) is 41.6 Å². The van der Waals surface area contributed by atoms with E-state index in [9.17, 15) is 4.79 Å². The second-order valence-electron chi connectivity index (χ2n) is 6.66. The maximum atomic E-state index is 12.7. The molecule has 18 heavy (non-hydrogen) atoms. The minimum atomic E-state index is -0.466. The fourth-order valence-electron chi connectivity index (χ4n) is 2.83. The number of amides is 1. The van der Waals surface area contributed by atoms with E-state index in [0.717, 1.165) is 39.0 Å². The van der Waals surface area contributed by atoms with Crippen LogP contribution in [0, 0.1) is 0 Å². The smallest absolute Gasteiger partial charge is 0.242 e.